The van der Waals surface area contributed by atoms with Crippen LogP contribution in [0.1, 0.15) is 23.9 Å². The second-order valence-corrected chi connectivity index (χ2v) is 8.66. The zero-order chi connectivity index (χ0) is 21.3. The quantitative estimate of drug-likeness (QED) is 0.585. The standard InChI is InChI=1S/C23H26Cl2N4O/c1-3-27-7-9-28(10-8-27)23(30)15-29-21-14-19(25)18(24)13-20(21)26-22(29)12-17-6-4-5-16(2)11-17/h4-6,11,13-14H,3,7-10,12,15H2,1-2H3. The Bertz CT molecular complexity index is 1070. The summed E-state index contributed by atoms with van der Waals surface area (Å²) in [7, 11) is 0. The summed E-state index contributed by atoms with van der Waals surface area (Å²) in [6.45, 7) is 8.87. The Morgan fingerprint density at radius 3 is 2.50 bits per heavy atom. The van der Waals surface area contributed by atoms with E-state index in [4.69, 9.17) is 28.2 Å². The number of halogens is 2. The highest BCUT2D eigenvalue weighted by Crippen LogP contribution is 2.29. The second kappa shape index (κ2) is 8.96. The predicted molar refractivity (Wildman–Crippen MR) is 122 cm³/mol. The molecule has 1 saturated heterocycles. The summed E-state index contributed by atoms with van der Waals surface area (Å²) >= 11 is 12.5. The summed E-state index contributed by atoms with van der Waals surface area (Å²) < 4.78 is 1.99. The molecule has 0 spiro atoms. The molecule has 1 aliphatic heterocycles. The van der Waals surface area contributed by atoms with Crippen LogP contribution in [0.15, 0.2) is 36.4 Å². The lowest BCUT2D eigenvalue weighted by Gasteiger charge is -2.34. The molecule has 0 atom stereocenters. The molecular weight excluding hydrogens is 419 g/mol. The van der Waals surface area contributed by atoms with Crippen molar-refractivity contribution < 1.29 is 4.79 Å². The highest BCUT2D eigenvalue weighted by molar-refractivity contribution is 6.42. The van der Waals surface area contributed by atoms with Crippen LogP contribution in [-0.4, -0.2) is 58.0 Å². The molecule has 0 N–H and O–H groups in total. The molecule has 0 radical (unpaired) electrons. The van der Waals surface area contributed by atoms with Crippen molar-refractivity contribution >= 4 is 40.1 Å². The van der Waals surface area contributed by atoms with Crippen LogP contribution in [0, 0.1) is 6.92 Å². The van der Waals surface area contributed by atoms with Crippen LogP contribution in [0.2, 0.25) is 10.0 Å². The van der Waals surface area contributed by atoms with E-state index in [1.165, 1.54) is 5.56 Å². The minimum Gasteiger partial charge on any atom is -0.339 e. The first-order chi connectivity index (χ1) is 14.4. The third kappa shape index (κ3) is 4.48. The Morgan fingerprint density at radius 1 is 1.07 bits per heavy atom. The van der Waals surface area contributed by atoms with Gasteiger partial charge in [-0.3, -0.25) is 4.79 Å². The number of amides is 1. The zero-order valence-electron chi connectivity index (χ0n) is 17.4. The first kappa shape index (κ1) is 21.2. The van der Waals surface area contributed by atoms with E-state index in [1.807, 2.05) is 21.6 Å². The average Bonchev–Trinajstić information content (AvgIpc) is 3.04. The third-order valence-electron chi connectivity index (χ3n) is 5.78. The Balaban J connectivity index is 1.65. The van der Waals surface area contributed by atoms with Gasteiger partial charge in [-0.1, -0.05) is 60.0 Å². The van der Waals surface area contributed by atoms with Gasteiger partial charge in [-0.25, -0.2) is 4.98 Å². The van der Waals surface area contributed by atoms with Crippen molar-refractivity contribution in [2.75, 3.05) is 32.7 Å². The number of benzene rings is 2. The van der Waals surface area contributed by atoms with E-state index in [2.05, 4.69) is 36.9 Å². The lowest BCUT2D eigenvalue weighted by Crippen LogP contribution is -2.49. The topological polar surface area (TPSA) is 41.4 Å². The maximum absolute atomic E-state index is 13.1. The summed E-state index contributed by atoms with van der Waals surface area (Å²) in [4.78, 5) is 22.2. The Labute approximate surface area is 187 Å². The number of piperazine rings is 1. The number of likely N-dealkylation sites (N-methyl/N-ethyl adjacent to an activating group) is 1. The Hall–Kier alpha value is -2.08. The van der Waals surface area contributed by atoms with Gasteiger partial charge < -0.3 is 14.4 Å². The smallest absolute Gasteiger partial charge is 0.242 e. The number of hydrogen-bond donors (Lipinski definition) is 0. The summed E-state index contributed by atoms with van der Waals surface area (Å²) in [6, 6.07) is 11.9. The van der Waals surface area contributed by atoms with Crippen molar-refractivity contribution in [3.63, 3.8) is 0 Å². The number of hydrogen-bond acceptors (Lipinski definition) is 3. The highest BCUT2D eigenvalue weighted by atomic mass is 35.5. The summed E-state index contributed by atoms with van der Waals surface area (Å²) in [5.74, 6) is 0.955. The summed E-state index contributed by atoms with van der Waals surface area (Å²) in [5.41, 5.74) is 3.96. The van der Waals surface area contributed by atoms with Gasteiger partial charge in [-0.15, -0.1) is 0 Å². The predicted octanol–water partition coefficient (Wildman–Crippen LogP) is 4.41. The Kier molecular flexibility index (Phi) is 6.32. The van der Waals surface area contributed by atoms with Crippen LogP contribution < -0.4 is 0 Å². The van der Waals surface area contributed by atoms with E-state index < -0.39 is 0 Å². The van der Waals surface area contributed by atoms with Crippen molar-refractivity contribution in [3.8, 4) is 0 Å². The van der Waals surface area contributed by atoms with Gasteiger partial charge in [-0.2, -0.15) is 0 Å². The lowest BCUT2D eigenvalue weighted by molar-refractivity contribution is -0.133. The van der Waals surface area contributed by atoms with Crippen LogP contribution in [-0.2, 0) is 17.8 Å². The second-order valence-electron chi connectivity index (χ2n) is 7.85. The highest BCUT2D eigenvalue weighted by Gasteiger charge is 2.23. The molecule has 30 heavy (non-hydrogen) atoms. The normalized spacial score (nSPS) is 15.1. The van der Waals surface area contributed by atoms with E-state index in [9.17, 15) is 4.79 Å². The molecule has 3 aromatic rings. The van der Waals surface area contributed by atoms with Gasteiger partial charge in [0.1, 0.15) is 12.4 Å². The van der Waals surface area contributed by atoms with E-state index >= 15 is 0 Å². The molecule has 1 fully saturated rings. The van der Waals surface area contributed by atoms with Crippen LogP contribution >= 0.6 is 23.2 Å². The van der Waals surface area contributed by atoms with Crippen molar-refractivity contribution in [3.05, 3.63) is 63.4 Å². The molecule has 0 saturated carbocycles. The van der Waals surface area contributed by atoms with E-state index in [0.29, 0.717) is 16.5 Å². The van der Waals surface area contributed by atoms with Gasteiger partial charge in [0.2, 0.25) is 5.91 Å². The molecule has 0 bridgehead atoms. The van der Waals surface area contributed by atoms with Gasteiger partial charge in [0.15, 0.2) is 0 Å². The Morgan fingerprint density at radius 2 is 1.80 bits per heavy atom. The van der Waals surface area contributed by atoms with Crippen LogP contribution in [0.4, 0.5) is 0 Å². The lowest BCUT2D eigenvalue weighted by atomic mass is 10.1. The number of rotatable bonds is 5. The maximum atomic E-state index is 13.1. The molecule has 0 aliphatic carbocycles. The summed E-state index contributed by atoms with van der Waals surface area (Å²) in [6.07, 6.45) is 0.641. The molecule has 1 amide bonds. The fourth-order valence-electron chi connectivity index (χ4n) is 4.03. The van der Waals surface area contributed by atoms with Crippen molar-refractivity contribution in [1.29, 1.82) is 0 Å². The molecule has 2 aromatic carbocycles. The van der Waals surface area contributed by atoms with Crippen molar-refractivity contribution in [2.24, 2.45) is 0 Å². The average molecular weight is 445 g/mol. The molecule has 1 aromatic heterocycles. The van der Waals surface area contributed by atoms with Crippen molar-refractivity contribution in [2.45, 2.75) is 26.8 Å². The number of imidazole rings is 1. The maximum Gasteiger partial charge on any atom is 0.242 e. The fraction of sp³-hybridized carbons (Fsp3) is 0.391. The van der Waals surface area contributed by atoms with Gasteiger partial charge in [0.05, 0.1) is 21.1 Å². The molecule has 4 rings (SSSR count). The molecule has 0 unspecified atom stereocenters. The third-order valence-corrected chi connectivity index (χ3v) is 6.50. The SMILES string of the molecule is CCN1CCN(C(=O)Cn2c(Cc3cccc(C)c3)nc3cc(Cl)c(Cl)cc32)CC1. The molecule has 158 valence electrons. The molecule has 5 nitrogen and oxygen atoms in total. The van der Waals surface area contributed by atoms with Crippen LogP contribution in [0.25, 0.3) is 11.0 Å². The van der Waals surface area contributed by atoms with Crippen LogP contribution in [0.3, 0.4) is 0 Å². The number of aromatic nitrogens is 2. The molecule has 2 heterocycles. The van der Waals surface area contributed by atoms with Gasteiger partial charge in [0, 0.05) is 32.6 Å². The van der Waals surface area contributed by atoms with E-state index in [1.54, 1.807) is 6.07 Å². The number of aryl methyl sites for hydroxylation is 1. The summed E-state index contributed by atoms with van der Waals surface area (Å²) in [5, 5.41) is 0.939. The fourth-order valence-corrected chi connectivity index (χ4v) is 4.35. The van der Waals surface area contributed by atoms with E-state index in [0.717, 1.165) is 55.1 Å². The number of carbonyl (C=O) groups excluding carboxylic acids is 1. The first-order valence-electron chi connectivity index (χ1n) is 10.3. The minimum absolute atomic E-state index is 0.113. The number of fused-ring (bicyclic) bond motifs is 1. The minimum atomic E-state index is 0.113. The number of nitrogens with zero attached hydrogens (tertiary/aromatic N) is 4. The molecule has 7 heteroatoms. The van der Waals surface area contributed by atoms with Gasteiger partial charge in [-0.05, 0) is 31.2 Å². The van der Waals surface area contributed by atoms with Gasteiger partial charge in [0.25, 0.3) is 0 Å². The number of carbonyl (C=O) groups is 1. The largest absolute Gasteiger partial charge is 0.339 e. The molecule has 1 aliphatic rings. The van der Waals surface area contributed by atoms with E-state index in [-0.39, 0.29) is 12.5 Å². The monoisotopic (exact) mass is 444 g/mol. The molecular formula is C23H26Cl2N4O. The first-order valence-corrected chi connectivity index (χ1v) is 11.1. The van der Waals surface area contributed by atoms with Crippen molar-refractivity contribution in [1.82, 2.24) is 19.4 Å². The van der Waals surface area contributed by atoms with Crippen LogP contribution in [0.5, 0.6) is 0 Å². The zero-order valence-corrected chi connectivity index (χ0v) is 18.9. The van der Waals surface area contributed by atoms with Gasteiger partial charge >= 0.3 is 0 Å².